The summed E-state index contributed by atoms with van der Waals surface area (Å²) in [4.78, 5) is 25.2. The SMILES string of the molecule is CC1CCC(Nc2nc(N[C@H]3CCc4ncccc4C3)ncc2C(N)=O)CC1. The van der Waals surface area contributed by atoms with Crippen LogP contribution in [0.5, 0.6) is 0 Å². The van der Waals surface area contributed by atoms with Gasteiger partial charge < -0.3 is 16.4 Å². The molecular formula is C21H28N6O. The van der Waals surface area contributed by atoms with E-state index in [9.17, 15) is 4.79 Å². The molecule has 28 heavy (non-hydrogen) atoms. The lowest BCUT2D eigenvalue weighted by molar-refractivity contribution is 0.100. The Morgan fingerprint density at radius 2 is 1.93 bits per heavy atom. The van der Waals surface area contributed by atoms with Gasteiger partial charge in [-0.05, 0) is 62.5 Å². The summed E-state index contributed by atoms with van der Waals surface area (Å²) in [6.45, 7) is 2.29. The van der Waals surface area contributed by atoms with E-state index in [4.69, 9.17) is 5.73 Å². The minimum absolute atomic E-state index is 0.250. The van der Waals surface area contributed by atoms with Crippen molar-refractivity contribution in [1.29, 1.82) is 0 Å². The van der Waals surface area contributed by atoms with Gasteiger partial charge in [0.15, 0.2) is 0 Å². The topological polar surface area (TPSA) is 106 Å². The molecule has 148 valence electrons. The van der Waals surface area contributed by atoms with Crippen molar-refractivity contribution in [2.45, 2.75) is 64.0 Å². The Morgan fingerprint density at radius 3 is 2.71 bits per heavy atom. The summed E-state index contributed by atoms with van der Waals surface area (Å²) in [5, 5.41) is 6.87. The Bertz CT molecular complexity index is 847. The zero-order chi connectivity index (χ0) is 19.5. The molecule has 0 bridgehead atoms. The fourth-order valence-electron chi connectivity index (χ4n) is 4.21. The summed E-state index contributed by atoms with van der Waals surface area (Å²) in [7, 11) is 0. The monoisotopic (exact) mass is 380 g/mol. The van der Waals surface area contributed by atoms with E-state index in [-0.39, 0.29) is 6.04 Å². The number of amides is 1. The Labute approximate surface area is 165 Å². The molecule has 0 aliphatic heterocycles. The van der Waals surface area contributed by atoms with Gasteiger partial charge in [0.1, 0.15) is 5.82 Å². The maximum absolute atomic E-state index is 11.8. The standard InChI is InChI=1S/C21H28N6O/c1-13-4-6-15(7-5-13)25-20-17(19(22)28)12-24-21(27-20)26-16-8-9-18-14(11-16)3-2-10-23-18/h2-3,10,12-13,15-16H,4-9,11H2,1H3,(H2,22,28)(H2,24,25,26,27)/t13?,15?,16-/m0/s1. The molecule has 0 unspecified atom stereocenters. The zero-order valence-electron chi connectivity index (χ0n) is 16.3. The summed E-state index contributed by atoms with van der Waals surface area (Å²) in [6, 6.07) is 4.68. The van der Waals surface area contributed by atoms with E-state index >= 15 is 0 Å². The molecule has 0 radical (unpaired) electrons. The molecule has 1 amide bonds. The summed E-state index contributed by atoms with van der Waals surface area (Å²) in [5.41, 5.74) is 8.35. The van der Waals surface area contributed by atoms with E-state index in [1.165, 1.54) is 30.3 Å². The number of aromatic nitrogens is 3. The van der Waals surface area contributed by atoms with Gasteiger partial charge in [-0.3, -0.25) is 9.78 Å². The number of carbonyl (C=O) groups excluding carboxylic acids is 1. The second-order valence-electron chi connectivity index (χ2n) is 8.11. The van der Waals surface area contributed by atoms with Gasteiger partial charge in [0.05, 0.1) is 5.56 Å². The lowest BCUT2D eigenvalue weighted by Gasteiger charge is -2.28. The van der Waals surface area contributed by atoms with Crippen LogP contribution in [0.1, 0.15) is 60.6 Å². The minimum Gasteiger partial charge on any atom is -0.367 e. The Hall–Kier alpha value is -2.70. The molecule has 7 nitrogen and oxygen atoms in total. The first-order valence-corrected chi connectivity index (χ1v) is 10.2. The fourth-order valence-corrected chi connectivity index (χ4v) is 4.21. The van der Waals surface area contributed by atoms with Crippen LogP contribution in [-0.2, 0) is 12.8 Å². The number of primary amides is 1. The highest BCUT2D eigenvalue weighted by atomic mass is 16.1. The van der Waals surface area contributed by atoms with Gasteiger partial charge in [0.25, 0.3) is 5.91 Å². The van der Waals surface area contributed by atoms with E-state index in [0.29, 0.717) is 23.4 Å². The van der Waals surface area contributed by atoms with E-state index in [1.807, 2.05) is 12.3 Å². The number of rotatable bonds is 5. The van der Waals surface area contributed by atoms with E-state index < -0.39 is 5.91 Å². The second kappa shape index (κ2) is 8.12. The van der Waals surface area contributed by atoms with E-state index in [2.05, 4.69) is 38.6 Å². The molecule has 1 atom stereocenters. The third-order valence-electron chi connectivity index (χ3n) is 5.92. The first-order chi connectivity index (χ1) is 13.6. The molecule has 1 saturated carbocycles. The summed E-state index contributed by atoms with van der Waals surface area (Å²) in [6.07, 6.45) is 10.7. The van der Waals surface area contributed by atoms with E-state index in [1.54, 1.807) is 0 Å². The van der Waals surface area contributed by atoms with Crippen LogP contribution in [0.25, 0.3) is 0 Å². The third-order valence-corrected chi connectivity index (χ3v) is 5.92. The predicted octanol–water partition coefficient (Wildman–Crippen LogP) is 2.93. The lowest BCUT2D eigenvalue weighted by atomic mass is 9.87. The number of hydrogen-bond acceptors (Lipinski definition) is 6. The molecule has 0 spiro atoms. The maximum atomic E-state index is 11.8. The fraction of sp³-hybridized carbons (Fsp3) is 0.524. The van der Waals surface area contributed by atoms with Crippen molar-refractivity contribution in [3.05, 3.63) is 41.3 Å². The molecule has 2 aromatic heterocycles. The second-order valence-corrected chi connectivity index (χ2v) is 8.11. The largest absolute Gasteiger partial charge is 0.367 e. The average molecular weight is 380 g/mol. The highest BCUT2D eigenvalue weighted by Crippen LogP contribution is 2.27. The van der Waals surface area contributed by atoms with Crippen LogP contribution < -0.4 is 16.4 Å². The summed E-state index contributed by atoms with van der Waals surface area (Å²) >= 11 is 0. The number of carbonyl (C=O) groups is 1. The number of aryl methyl sites for hydroxylation is 1. The number of nitrogens with one attached hydrogen (secondary N) is 2. The Balaban J connectivity index is 1.48. The first kappa shape index (κ1) is 18.7. The summed E-state index contributed by atoms with van der Waals surface area (Å²) in [5.74, 6) is 1.34. The van der Waals surface area contributed by atoms with E-state index in [0.717, 1.165) is 38.0 Å². The number of nitrogens with zero attached hydrogens (tertiary/aromatic N) is 3. The van der Waals surface area contributed by atoms with Crippen LogP contribution in [0.4, 0.5) is 11.8 Å². The molecule has 2 heterocycles. The predicted molar refractivity (Wildman–Crippen MR) is 109 cm³/mol. The van der Waals surface area contributed by atoms with Crippen LogP contribution in [0.3, 0.4) is 0 Å². The highest BCUT2D eigenvalue weighted by molar-refractivity contribution is 5.97. The molecule has 0 saturated heterocycles. The zero-order valence-corrected chi connectivity index (χ0v) is 16.3. The molecule has 2 aliphatic carbocycles. The van der Waals surface area contributed by atoms with Crippen LogP contribution >= 0.6 is 0 Å². The van der Waals surface area contributed by atoms with Gasteiger partial charge in [-0.15, -0.1) is 0 Å². The molecule has 2 aliphatic rings. The lowest BCUT2D eigenvalue weighted by Crippen LogP contribution is -2.30. The number of pyridine rings is 1. The van der Waals surface area contributed by atoms with Crippen molar-refractivity contribution in [3.63, 3.8) is 0 Å². The molecule has 4 rings (SSSR count). The smallest absolute Gasteiger partial charge is 0.254 e. The van der Waals surface area contributed by atoms with Crippen LogP contribution in [-0.4, -0.2) is 32.9 Å². The molecule has 7 heteroatoms. The quantitative estimate of drug-likeness (QED) is 0.736. The third kappa shape index (κ3) is 4.24. The van der Waals surface area contributed by atoms with Crippen molar-refractivity contribution >= 4 is 17.7 Å². The maximum Gasteiger partial charge on any atom is 0.254 e. The first-order valence-electron chi connectivity index (χ1n) is 10.2. The van der Waals surface area contributed by atoms with Gasteiger partial charge in [-0.1, -0.05) is 13.0 Å². The molecular weight excluding hydrogens is 352 g/mol. The van der Waals surface area contributed by atoms with Crippen LogP contribution in [0.15, 0.2) is 24.5 Å². The molecule has 0 aromatic carbocycles. The number of anilines is 2. The number of hydrogen-bond donors (Lipinski definition) is 3. The van der Waals surface area contributed by atoms with Crippen molar-refractivity contribution in [3.8, 4) is 0 Å². The minimum atomic E-state index is -0.504. The van der Waals surface area contributed by atoms with Gasteiger partial charge >= 0.3 is 0 Å². The highest BCUT2D eigenvalue weighted by Gasteiger charge is 2.23. The van der Waals surface area contributed by atoms with Crippen molar-refractivity contribution < 1.29 is 4.79 Å². The van der Waals surface area contributed by atoms with Crippen molar-refractivity contribution in [2.75, 3.05) is 10.6 Å². The molecule has 1 fully saturated rings. The van der Waals surface area contributed by atoms with Crippen molar-refractivity contribution in [2.24, 2.45) is 11.7 Å². The van der Waals surface area contributed by atoms with Crippen LogP contribution in [0.2, 0.25) is 0 Å². The summed E-state index contributed by atoms with van der Waals surface area (Å²) < 4.78 is 0. The van der Waals surface area contributed by atoms with Crippen LogP contribution in [0, 0.1) is 5.92 Å². The van der Waals surface area contributed by atoms with Gasteiger partial charge in [0, 0.05) is 30.2 Å². The van der Waals surface area contributed by atoms with Crippen molar-refractivity contribution in [1.82, 2.24) is 15.0 Å². The van der Waals surface area contributed by atoms with Gasteiger partial charge in [-0.25, -0.2) is 4.98 Å². The average Bonchev–Trinajstić information content (AvgIpc) is 2.70. The number of nitrogens with two attached hydrogens (primary N) is 1. The molecule has 2 aromatic rings. The molecule has 4 N–H and O–H groups in total. The van der Waals surface area contributed by atoms with Gasteiger partial charge in [-0.2, -0.15) is 4.98 Å². The Morgan fingerprint density at radius 1 is 1.11 bits per heavy atom. The normalized spacial score (nSPS) is 24.2. The Kier molecular flexibility index (Phi) is 5.41. The van der Waals surface area contributed by atoms with Gasteiger partial charge in [0.2, 0.25) is 5.95 Å². The number of fused-ring (bicyclic) bond motifs is 1.